The van der Waals surface area contributed by atoms with Crippen molar-refractivity contribution in [3.63, 3.8) is 0 Å². The lowest BCUT2D eigenvalue weighted by Gasteiger charge is -2.36. The van der Waals surface area contributed by atoms with Crippen LogP contribution in [-0.2, 0) is 23.9 Å². The minimum absolute atomic E-state index is 0.0244. The topological polar surface area (TPSA) is 72.9 Å². The molecule has 0 bridgehead atoms. The van der Waals surface area contributed by atoms with Gasteiger partial charge in [0.05, 0.1) is 17.2 Å². The van der Waals surface area contributed by atoms with Crippen LogP contribution < -0.4 is 0 Å². The molecule has 0 saturated carbocycles. The van der Waals surface area contributed by atoms with E-state index >= 15 is 0 Å². The predicted molar refractivity (Wildman–Crippen MR) is 68.0 cm³/mol. The molecule has 7 heteroatoms. The Morgan fingerprint density at radius 1 is 1.37 bits per heavy atom. The first-order valence-corrected chi connectivity index (χ1v) is 7.12. The van der Waals surface area contributed by atoms with Crippen molar-refractivity contribution in [2.75, 3.05) is 12.5 Å². The third kappa shape index (κ3) is 2.86. The normalized spacial score (nSPS) is 25.6. The van der Waals surface area contributed by atoms with Gasteiger partial charge in [0.2, 0.25) is 12.7 Å². The van der Waals surface area contributed by atoms with Gasteiger partial charge in [0.1, 0.15) is 6.04 Å². The fourth-order valence-electron chi connectivity index (χ4n) is 1.83. The van der Waals surface area contributed by atoms with E-state index in [-0.39, 0.29) is 11.3 Å². The molecule has 0 N–H and O–H groups in total. The van der Waals surface area contributed by atoms with E-state index in [9.17, 15) is 14.4 Å². The number of thioether (sulfide) groups is 1. The molecule has 2 aliphatic heterocycles. The predicted octanol–water partition coefficient (Wildman–Crippen LogP) is 0.750. The Labute approximate surface area is 115 Å². The smallest absolute Gasteiger partial charge is 0.332 e. The number of ether oxygens (including phenoxy) is 2. The van der Waals surface area contributed by atoms with Crippen LogP contribution in [0.1, 0.15) is 27.2 Å². The fraction of sp³-hybridized carbons (Fsp3) is 0.750. The molecule has 0 aromatic rings. The number of hydrogen-bond acceptors (Lipinski definition) is 6. The first-order valence-electron chi connectivity index (χ1n) is 6.07. The van der Waals surface area contributed by atoms with Crippen LogP contribution in [0.25, 0.3) is 0 Å². The van der Waals surface area contributed by atoms with Gasteiger partial charge in [0.25, 0.3) is 0 Å². The van der Waals surface area contributed by atoms with Gasteiger partial charge in [-0.05, 0) is 20.8 Å². The first kappa shape index (κ1) is 14.2. The lowest BCUT2D eigenvalue weighted by atomic mass is 9.98. The van der Waals surface area contributed by atoms with E-state index in [1.807, 2.05) is 0 Å². The first-order chi connectivity index (χ1) is 8.80. The Balaban J connectivity index is 1.76. The van der Waals surface area contributed by atoms with E-state index in [0.29, 0.717) is 12.2 Å². The molecule has 6 nitrogen and oxygen atoms in total. The zero-order valence-electron chi connectivity index (χ0n) is 11.2. The van der Waals surface area contributed by atoms with Gasteiger partial charge in [0.15, 0.2) is 0 Å². The molecule has 0 unspecified atom stereocenters. The van der Waals surface area contributed by atoms with Crippen LogP contribution in [0.3, 0.4) is 0 Å². The molecule has 2 aliphatic rings. The van der Waals surface area contributed by atoms with Crippen molar-refractivity contribution in [1.29, 1.82) is 0 Å². The van der Waals surface area contributed by atoms with Crippen LogP contribution in [-0.4, -0.2) is 46.7 Å². The summed E-state index contributed by atoms with van der Waals surface area (Å²) in [5, 5.41) is 0.113. The lowest BCUT2D eigenvalue weighted by Crippen LogP contribution is -2.54. The Hall–Kier alpha value is -1.24. The monoisotopic (exact) mass is 287 g/mol. The molecule has 1 amide bonds. The minimum Gasteiger partial charge on any atom is -0.427 e. The maximum Gasteiger partial charge on any atom is 0.332 e. The second-order valence-corrected chi connectivity index (χ2v) is 6.78. The summed E-state index contributed by atoms with van der Waals surface area (Å²) in [5.74, 6) is -0.421. The van der Waals surface area contributed by atoms with E-state index < -0.39 is 30.2 Å². The number of nitrogens with zero attached hydrogens (tertiary/aromatic N) is 1. The third-order valence-corrected chi connectivity index (χ3v) is 4.29. The van der Waals surface area contributed by atoms with Gasteiger partial charge >= 0.3 is 11.9 Å². The summed E-state index contributed by atoms with van der Waals surface area (Å²) in [5.41, 5.74) is -0.631. The number of carbonyl (C=O) groups excluding carboxylic acids is 3. The molecule has 0 radical (unpaired) electrons. The quantitative estimate of drug-likeness (QED) is 0.433. The molecule has 2 rings (SSSR count). The third-order valence-electron chi connectivity index (χ3n) is 3.01. The van der Waals surface area contributed by atoms with Gasteiger partial charge in [-0.1, -0.05) is 0 Å². The maximum atomic E-state index is 11.8. The van der Waals surface area contributed by atoms with Crippen molar-refractivity contribution in [3.8, 4) is 0 Å². The van der Waals surface area contributed by atoms with Gasteiger partial charge < -0.3 is 14.4 Å². The molecule has 0 aliphatic carbocycles. The molecular weight excluding hydrogens is 270 g/mol. The average Bonchev–Trinajstić information content (AvgIpc) is 2.64. The highest BCUT2D eigenvalue weighted by Crippen LogP contribution is 2.39. The molecule has 2 saturated heterocycles. The largest absolute Gasteiger partial charge is 0.427 e. The van der Waals surface area contributed by atoms with Crippen LogP contribution in [0.2, 0.25) is 0 Å². The minimum atomic E-state index is -0.631. The molecule has 0 aromatic heterocycles. The van der Waals surface area contributed by atoms with Crippen LogP contribution in [0, 0.1) is 5.41 Å². The summed E-state index contributed by atoms with van der Waals surface area (Å²) < 4.78 is 9.75. The van der Waals surface area contributed by atoms with E-state index in [4.69, 9.17) is 9.47 Å². The van der Waals surface area contributed by atoms with Gasteiger partial charge in [-0.3, -0.25) is 9.59 Å². The van der Waals surface area contributed by atoms with Crippen molar-refractivity contribution in [2.45, 2.75) is 38.6 Å². The van der Waals surface area contributed by atoms with Gasteiger partial charge in [0, 0.05) is 5.75 Å². The number of carbonyl (C=O) groups is 3. The summed E-state index contributed by atoms with van der Waals surface area (Å²) in [6.07, 6.45) is 0.494. The van der Waals surface area contributed by atoms with E-state index in [1.165, 1.54) is 0 Å². The Kier molecular flexibility index (Phi) is 3.75. The van der Waals surface area contributed by atoms with E-state index in [2.05, 4.69) is 0 Å². The van der Waals surface area contributed by atoms with E-state index in [1.54, 1.807) is 37.4 Å². The molecular formula is C12H17NO5S. The summed E-state index contributed by atoms with van der Waals surface area (Å²) in [6, 6.07) is -0.537. The Morgan fingerprint density at radius 3 is 2.63 bits per heavy atom. The van der Waals surface area contributed by atoms with Crippen LogP contribution in [0.5, 0.6) is 0 Å². The Bertz CT molecular complexity index is 417. The number of fused-ring (bicyclic) bond motifs is 1. The maximum absolute atomic E-state index is 11.8. The van der Waals surface area contributed by atoms with Gasteiger partial charge in [-0.25, -0.2) is 4.79 Å². The zero-order valence-corrected chi connectivity index (χ0v) is 12.0. The van der Waals surface area contributed by atoms with Gasteiger partial charge in [-0.2, -0.15) is 0 Å². The highest BCUT2D eigenvalue weighted by molar-refractivity contribution is 8.00. The SMILES string of the molecule is CC(C)(C)C(=O)OCOC(=O)[C@H]1CS[C@@H]2CC(=O)N12. The molecule has 106 valence electrons. The summed E-state index contributed by atoms with van der Waals surface area (Å²) in [7, 11) is 0. The molecule has 2 fully saturated rings. The number of hydrogen-bond donors (Lipinski definition) is 0. The van der Waals surface area contributed by atoms with Crippen molar-refractivity contribution in [1.82, 2.24) is 4.90 Å². The van der Waals surface area contributed by atoms with Crippen LogP contribution in [0.15, 0.2) is 0 Å². The second-order valence-electron chi connectivity index (χ2n) is 5.57. The van der Waals surface area contributed by atoms with Crippen LogP contribution in [0.4, 0.5) is 0 Å². The van der Waals surface area contributed by atoms with Crippen molar-refractivity contribution in [3.05, 3.63) is 0 Å². The highest BCUT2D eigenvalue weighted by atomic mass is 32.2. The highest BCUT2D eigenvalue weighted by Gasteiger charge is 2.49. The number of esters is 2. The number of β-lactam (4-membered cyclic amide) rings is 1. The molecule has 0 aromatic carbocycles. The number of amides is 1. The van der Waals surface area contributed by atoms with Crippen molar-refractivity contribution >= 4 is 29.6 Å². The summed E-state index contributed by atoms with van der Waals surface area (Å²) in [6.45, 7) is 4.75. The van der Waals surface area contributed by atoms with E-state index in [0.717, 1.165) is 0 Å². The fourth-order valence-corrected chi connectivity index (χ4v) is 3.22. The average molecular weight is 287 g/mol. The molecule has 2 heterocycles. The Morgan fingerprint density at radius 2 is 2.05 bits per heavy atom. The second kappa shape index (κ2) is 5.03. The van der Waals surface area contributed by atoms with Crippen molar-refractivity contribution in [2.24, 2.45) is 5.41 Å². The zero-order chi connectivity index (χ0) is 14.2. The number of rotatable bonds is 3. The van der Waals surface area contributed by atoms with Crippen LogP contribution >= 0.6 is 11.8 Å². The standard InChI is InChI=1S/C12H17NO5S/c1-12(2,3)11(16)18-6-17-10(15)7-5-19-9-4-8(14)13(7)9/h7,9H,4-6H2,1-3H3/t7-,9-/m1/s1. The summed E-state index contributed by atoms with van der Waals surface area (Å²) in [4.78, 5) is 36.2. The molecule has 19 heavy (non-hydrogen) atoms. The van der Waals surface area contributed by atoms with Gasteiger partial charge in [-0.15, -0.1) is 11.8 Å². The lowest BCUT2D eigenvalue weighted by molar-refractivity contribution is -0.178. The molecule has 0 spiro atoms. The molecule has 2 atom stereocenters. The van der Waals surface area contributed by atoms with Crippen molar-refractivity contribution < 1.29 is 23.9 Å². The summed E-state index contributed by atoms with van der Waals surface area (Å²) >= 11 is 1.57.